The molecule has 2 aliphatic carbocycles. The van der Waals surface area contributed by atoms with Crippen LogP contribution in [0.15, 0.2) is 0 Å². The molecule has 2 rings (SSSR count). The molecule has 0 aromatic rings. The van der Waals surface area contributed by atoms with Crippen LogP contribution in [0.2, 0.25) is 0 Å². The zero-order valence-electron chi connectivity index (χ0n) is 5.60. The molecule has 0 aromatic heterocycles. The van der Waals surface area contributed by atoms with Crippen LogP contribution in [0.5, 0.6) is 0 Å². The number of hydrogen-bond acceptors (Lipinski definition) is 1. The smallest absolute Gasteiger partial charge is 0.136 e. The van der Waals surface area contributed by atoms with Gasteiger partial charge in [0, 0.05) is 12.3 Å². The van der Waals surface area contributed by atoms with Crippen LogP contribution in [0.1, 0.15) is 32.1 Å². The van der Waals surface area contributed by atoms with Gasteiger partial charge in [0.2, 0.25) is 0 Å². The fourth-order valence-corrected chi connectivity index (χ4v) is 1.85. The second-order valence-electron chi connectivity index (χ2n) is 3.31. The number of hydrogen-bond donors (Lipinski definition) is 0. The Morgan fingerprint density at radius 1 is 1.33 bits per heavy atom. The topological polar surface area (TPSA) is 17.1 Å². The Kier molecular flexibility index (Phi) is 1.11. The molecule has 0 heterocycles. The Balaban J connectivity index is 2.03. The molecule has 0 unspecified atom stereocenters. The SMILES string of the molecule is O=C1CCCC[C@@H]2C[C@H]12. The number of carbonyl (C=O) groups excluding carboxylic acids is 1. The highest BCUT2D eigenvalue weighted by molar-refractivity contribution is 5.83. The quantitative estimate of drug-likeness (QED) is 0.481. The van der Waals surface area contributed by atoms with Gasteiger partial charge in [-0.05, 0) is 25.2 Å². The van der Waals surface area contributed by atoms with E-state index in [0.29, 0.717) is 11.7 Å². The Morgan fingerprint density at radius 3 is 3.11 bits per heavy atom. The van der Waals surface area contributed by atoms with Crippen molar-refractivity contribution < 1.29 is 4.79 Å². The van der Waals surface area contributed by atoms with Crippen molar-refractivity contribution in [2.45, 2.75) is 32.1 Å². The lowest BCUT2D eigenvalue weighted by molar-refractivity contribution is -0.120. The Labute approximate surface area is 55.4 Å². The molecule has 0 spiro atoms. The first-order valence-corrected chi connectivity index (χ1v) is 3.90. The minimum atomic E-state index is 0.521. The largest absolute Gasteiger partial charge is 0.299 e. The molecule has 1 heteroatoms. The molecule has 0 bridgehead atoms. The molecule has 0 aliphatic heterocycles. The van der Waals surface area contributed by atoms with Gasteiger partial charge >= 0.3 is 0 Å². The molecular formula is C8H12O. The predicted molar refractivity (Wildman–Crippen MR) is 35.1 cm³/mol. The monoisotopic (exact) mass is 124 g/mol. The third-order valence-electron chi connectivity index (χ3n) is 2.58. The zero-order valence-corrected chi connectivity index (χ0v) is 5.60. The Bertz CT molecular complexity index is 140. The maximum absolute atomic E-state index is 11.1. The van der Waals surface area contributed by atoms with Crippen molar-refractivity contribution in [2.75, 3.05) is 0 Å². The van der Waals surface area contributed by atoms with Gasteiger partial charge in [-0.15, -0.1) is 0 Å². The fraction of sp³-hybridized carbons (Fsp3) is 0.875. The van der Waals surface area contributed by atoms with Gasteiger partial charge in [0.15, 0.2) is 0 Å². The summed E-state index contributed by atoms with van der Waals surface area (Å²) < 4.78 is 0. The van der Waals surface area contributed by atoms with Gasteiger partial charge < -0.3 is 0 Å². The molecule has 1 nitrogen and oxygen atoms in total. The number of carbonyl (C=O) groups is 1. The maximum atomic E-state index is 11.1. The number of ketones is 1. The van der Waals surface area contributed by atoms with E-state index in [4.69, 9.17) is 0 Å². The van der Waals surface area contributed by atoms with Crippen LogP contribution in [0.3, 0.4) is 0 Å². The van der Waals surface area contributed by atoms with E-state index in [9.17, 15) is 4.79 Å². The molecule has 2 atom stereocenters. The summed E-state index contributed by atoms with van der Waals surface area (Å²) >= 11 is 0. The van der Waals surface area contributed by atoms with Gasteiger partial charge in [0.1, 0.15) is 5.78 Å². The molecule has 9 heavy (non-hydrogen) atoms. The van der Waals surface area contributed by atoms with Crippen LogP contribution in [-0.4, -0.2) is 5.78 Å². The Morgan fingerprint density at radius 2 is 2.22 bits per heavy atom. The summed E-state index contributed by atoms with van der Waals surface area (Å²) in [5.74, 6) is 1.89. The normalized spacial score (nSPS) is 41.6. The second kappa shape index (κ2) is 1.83. The van der Waals surface area contributed by atoms with E-state index < -0.39 is 0 Å². The lowest BCUT2D eigenvalue weighted by atomic mass is 10.1. The standard InChI is InChI=1S/C8H12O/c9-8-4-2-1-3-6-5-7(6)8/h6-7H,1-5H2/t6-,7+/m1/s1. The molecule has 0 radical (unpaired) electrons. The first kappa shape index (κ1) is 5.45. The number of Topliss-reactive ketones (excluding diaryl/α,β-unsaturated/α-hetero) is 1. The number of rotatable bonds is 0. The predicted octanol–water partition coefficient (Wildman–Crippen LogP) is 1.77. The van der Waals surface area contributed by atoms with Crippen LogP contribution >= 0.6 is 0 Å². The molecule has 2 saturated carbocycles. The van der Waals surface area contributed by atoms with E-state index in [1.807, 2.05) is 0 Å². The van der Waals surface area contributed by atoms with Gasteiger partial charge in [0.05, 0.1) is 0 Å². The van der Waals surface area contributed by atoms with Crippen molar-refractivity contribution >= 4 is 5.78 Å². The van der Waals surface area contributed by atoms with Crippen molar-refractivity contribution in [3.8, 4) is 0 Å². The molecule has 0 aromatic carbocycles. The van der Waals surface area contributed by atoms with Crippen molar-refractivity contribution in [1.29, 1.82) is 0 Å². The molecule has 50 valence electrons. The first-order chi connectivity index (χ1) is 4.38. The minimum absolute atomic E-state index is 0.521. The van der Waals surface area contributed by atoms with E-state index in [2.05, 4.69) is 0 Å². The number of fused-ring (bicyclic) bond motifs is 1. The van der Waals surface area contributed by atoms with Gasteiger partial charge in [-0.3, -0.25) is 4.79 Å². The highest BCUT2D eigenvalue weighted by Gasteiger charge is 2.42. The molecule has 2 fully saturated rings. The van der Waals surface area contributed by atoms with Crippen LogP contribution < -0.4 is 0 Å². The zero-order chi connectivity index (χ0) is 6.27. The van der Waals surface area contributed by atoms with Gasteiger partial charge in [-0.2, -0.15) is 0 Å². The van der Waals surface area contributed by atoms with Crippen LogP contribution in [0.25, 0.3) is 0 Å². The second-order valence-corrected chi connectivity index (χ2v) is 3.31. The van der Waals surface area contributed by atoms with Crippen LogP contribution in [0.4, 0.5) is 0 Å². The summed E-state index contributed by atoms with van der Waals surface area (Å²) in [7, 11) is 0. The van der Waals surface area contributed by atoms with Gasteiger partial charge in [-0.1, -0.05) is 6.42 Å². The third-order valence-corrected chi connectivity index (χ3v) is 2.58. The summed E-state index contributed by atoms with van der Waals surface area (Å²) in [6.45, 7) is 0. The highest BCUT2D eigenvalue weighted by atomic mass is 16.1. The van der Waals surface area contributed by atoms with E-state index in [0.717, 1.165) is 18.8 Å². The molecule has 0 saturated heterocycles. The van der Waals surface area contributed by atoms with Crippen LogP contribution in [-0.2, 0) is 4.79 Å². The molecular weight excluding hydrogens is 112 g/mol. The average Bonchev–Trinajstić information content (AvgIpc) is 2.55. The van der Waals surface area contributed by atoms with Crippen molar-refractivity contribution in [1.82, 2.24) is 0 Å². The third kappa shape index (κ3) is 0.887. The summed E-state index contributed by atoms with van der Waals surface area (Å²) in [4.78, 5) is 11.1. The maximum Gasteiger partial charge on any atom is 0.136 e. The average molecular weight is 124 g/mol. The highest BCUT2D eigenvalue weighted by Crippen LogP contribution is 2.45. The molecule has 2 aliphatic rings. The molecule has 0 amide bonds. The lowest BCUT2D eigenvalue weighted by Crippen LogP contribution is -1.98. The van der Waals surface area contributed by atoms with Gasteiger partial charge in [-0.25, -0.2) is 0 Å². The Hall–Kier alpha value is -0.330. The van der Waals surface area contributed by atoms with E-state index >= 15 is 0 Å². The van der Waals surface area contributed by atoms with E-state index in [1.54, 1.807) is 0 Å². The fourth-order valence-electron chi connectivity index (χ4n) is 1.85. The minimum Gasteiger partial charge on any atom is -0.299 e. The van der Waals surface area contributed by atoms with E-state index in [-0.39, 0.29) is 0 Å². The summed E-state index contributed by atoms with van der Waals surface area (Å²) in [5.41, 5.74) is 0. The van der Waals surface area contributed by atoms with E-state index in [1.165, 1.54) is 19.3 Å². The first-order valence-electron chi connectivity index (χ1n) is 3.90. The van der Waals surface area contributed by atoms with Crippen molar-refractivity contribution in [3.63, 3.8) is 0 Å². The van der Waals surface area contributed by atoms with Crippen molar-refractivity contribution in [3.05, 3.63) is 0 Å². The van der Waals surface area contributed by atoms with Crippen LogP contribution in [0, 0.1) is 11.8 Å². The lowest BCUT2D eigenvalue weighted by Gasteiger charge is -1.90. The van der Waals surface area contributed by atoms with Gasteiger partial charge in [0.25, 0.3) is 0 Å². The summed E-state index contributed by atoms with van der Waals surface area (Å²) in [6, 6.07) is 0. The summed E-state index contributed by atoms with van der Waals surface area (Å²) in [5, 5.41) is 0. The molecule has 0 N–H and O–H groups in total. The van der Waals surface area contributed by atoms with Crippen molar-refractivity contribution in [2.24, 2.45) is 11.8 Å². The summed E-state index contributed by atoms with van der Waals surface area (Å²) in [6.07, 6.45) is 5.88.